The van der Waals surface area contributed by atoms with E-state index in [1.165, 1.54) is 0 Å². The Morgan fingerprint density at radius 3 is 1.90 bits per heavy atom. The van der Waals surface area contributed by atoms with Gasteiger partial charge in [0.25, 0.3) is 8.53 Å². The molecule has 7 nitrogen and oxygen atoms in total. The van der Waals surface area contributed by atoms with Crippen molar-refractivity contribution in [2.24, 2.45) is 0 Å². The van der Waals surface area contributed by atoms with Crippen LogP contribution in [-0.4, -0.2) is 34.9 Å². The van der Waals surface area contributed by atoms with Crippen molar-refractivity contribution in [3.05, 3.63) is 0 Å². The molecular formula is C12H23N3O4P2. The van der Waals surface area contributed by atoms with Crippen molar-refractivity contribution in [3.63, 3.8) is 0 Å². The van der Waals surface area contributed by atoms with Gasteiger partial charge < -0.3 is 13.9 Å². The predicted molar refractivity (Wildman–Crippen MR) is 81.6 cm³/mol. The van der Waals surface area contributed by atoms with E-state index in [1.54, 1.807) is 0 Å². The minimum absolute atomic E-state index is 0.115. The highest BCUT2D eigenvalue weighted by atomic mass is 31.2. The fourth-order valence-corrected chi connectivity index (χ4v) is 4.10. The number of hydrogen-bond donors (Lipinski definition) is 1. The molecular weight excluding hydrogens is 312 g/mol. The van der Waals surface area contributed by atoms with E-state index in [0.717, 1.165) is 0 Å². The predicted octanol–water partition coefficient (Wildman–Crippen LogP) is 3.43. The second kappa shape index (κ2) is 12.2. The summed E-state index contributed by atoms with van der Waals surface area (Å²) in [5.41, 5.74) is 0. The van der Waals surface area contributed by atoms with Gasteiger partial charge in [-0.3, -0.25) is 0 Å². The maximum atomic E-state index is 9.77. The van der Waals surface area contributed by atoms with Gasteiger partial charge in [-0.15, -0.1) is 0 Å². The smallest absolute Gasteiger partial charge is 0.328 e. The van der Waals surface area contributed by atoms with Crippen LogP contribution in [0.5, 0.6) is 0 Å². The fourth-order valence-electron chi connectivity index (χ4n) is 1.53. The third-order valence-electron chi connectivity index (χ3n) is 2.22. The first-order valence-corrected chi connectivity index (χ1v) is 8.95. The van der Waals surface area contributed by atoms with E-state index in [1.807, 2.05) is 44.5 Å². The lowest BCUT2D eigenvalue weighted by atomic mass is 10.3. The van der Waals surface area contributed by atoms with Gasteiger partial charge in [-0.25, -0.2) is 8.98 Å². The zero-order chi connectivity index (χ0) is 16.3. The molecule has 21 heavy (non-hydrogen) atoms. The molecule has 0 aliphatic carbocycles. The third-order valence-corrected chi connectivity index (χ3v) is 5.44. The molecule has 0 aliphatic rings. The Bertz CT molecular complexity index is 349. The van der Waals surface area contributed by atoms with E-state index in [2.05, 4.69) is 0 Å². The van der Waals surface area contributed by atoms with Gasteiger partial charge in [0.15, 0.2) is 0 Å². The Morgan fingerprint density at radius 1 is 1.00 bits per heavy atom. The molecule has 0 aromatic carbocycles. The Hall–Kier alpha value is -0.360. The summed E-state index contributed by atoms with van der Waals surface area (Å²) in [4.78, 5) is 9.77. The van der Waals surface area contributed by atoms with Gasteiger partial charge in [-0.2, -0.15) is 10.5 Å². The zero-order valence-corrected chi connectivity index (χ0v) is 14.7. The molecule has 0 amide bonds. The number of hydrogen-bond acceptors (Lipinski definition) is 7. The Labute approximate surface area is 129 Å². The van der Waals surface area contributed by atoms with E-state index in [-0.39, 0.29) is 38.1 Å². The lowest BCUT2D eigenvalue weighted by Gasteiger charge is -2.35. The topological polar surface area (TPSA) is 98.7 Å². The van der Waals surface area contributed by atoms with Gasteiger partial charge in [0.05, 0.1) is 38.2 Å². The lowest BCUT2D eigenvalue weighted by molar-refractivity contribution is 0.200. The van der Waals surface area contributed by atoms with Crippen molar-refractivity contribution in [2.45, 2.75) is 52.6 Å². The Balaban J connectivity index is 4.63. The Kier molecular flexibility index (Phi) is 12.0. The molecule has 120 valence electrons. The summed E-state index contributed by atoms with van der Waals surface area (Å²) >= 11 is 0. The molecule has 0 aromatic rings. The maximum Gasteiger partial charge on any atom is 0.336 e. The molecule has 0 saturated heterocycles. The van der Waals surface area contributed by atoms with Crippen molar-refractivity contribution < 1.29 is 18.3 Å². The molecule has 0 rings (SSSR count). The van der Waals surface area contributed by atoms with Gasteiger partial charge in [0, 0.05) is 12.1 Å². The minimum Gasteiger partial charge on any atom is -0.328 e. The SMILES string of the molecule is CC(C)N(C(C)C)P(OCCC#N)OP(O)OCCC#N. The largest absolute Gasteiger partial charge is 0.336 e. The first kappa shape index (κ1) is 20.6. The Morgan fingerprint density at radius 2 is 1.48 bits per heavy atom. The molecule has 0 fully saturated rings. The van der Waals surface area contributed by atoms with Crippen LogP contribution in [0.15, 0.2) is 0 Å². The molecule has 0 spiro atoms. The molecule has 2 atom stereocenters. The average molecular weight is 335 g/mol. The molecule has 0 bridgehead atoms. The van der Waals surface area contributed by atoms with Crippen LogP contribution in [0.3, 0.4) is 0 Å². The molecule has 2 unspecified atom stereocenters. The first-order chi connectivity index (χ1) is 9.93. The van der Waals surface area contributed by atoms with Crippen LogP contribution >= 0.6 is 17.1 Å². The van der Waals surface area contributed by atoms with Crippen molar-refractivity contribution in [2.75, 3.05) is 13.2 Å². The summed E-state index contributed by atoms with van der Waals surface area (Å²) in [5, 5.41) is 17.0. The van der Waals surface area contributed by atoms with E-state index in [0.29, 0.717) is 0 Å². The van der Waals surface area contributed by atoms with Crippen molar-refractivity contribution >= 4 is 17.1 Å². The summed E-state index contributed by atoms with van der Waals surface area (Å²) in [6, 6.07) is 4.23. The number of nitrogens with zero attached hydrogens (tertiary/aromatic N) is 3. The highest BCUT2D eigenvalue weighted by Gasteiger charge is 2.30. The van der Waals surface area contributed by atoms with Crippen LogP contribution in [0.25, 0.3) is 0 Å². The maximum absolute atomic E-state index is 9.77. The first-order valence-electron chi connectivity index (χ1n) is 6.69. The van der Waals surface area contributed by atoms with Gasteiger partial charge >= 0.3 is 8.60 Å². The van der Waals surface area contributed by atoms with Crippen LogP contribution in [0.2, 0.25) is 0 Å². The highest BCUT2D eigenvalue weighted by molar-refractivity contribution is 7.56. The van der Waals surface area contributed by atoms with Crippen LogP contribution in [-0.2, 0) is 13.4 Å². The van der Waals surface area contributed by atoms with Crippen LogP contribution in [0.1, 0.15) is 40.5 Å². The average Bonchev–Trinajstić information content (AvgIpc) is 2.38. The third kappa shape index (κ3) is 9.30. The quantitative estimate of drug-likeness (QED) is 0.456. The van der Waals surface area contributed by atoms with Crippen LogP contribution in [0, 0.1) is 22.7 Å². The number of rotatable bonds is 11. The van der Waals surface area contributed by atoms with Gasteiger partial charge in [0.1, 0.15) is 0 Å². The molecule has 9 heteroatoms. The summed E-state index contributed by atoms with van der Waals surface area (Å²) < 4.78 is 18.1. The van der Waals surface area contributed by atoms with E-state index < -0.39 is 17.1 Å². The van der Waals surface area contributed by atoms with Crippen LogP contribution in [0.4, 0.5) is 0 Å². The van der Waals surface area contributed by atoms with Gasteiger partial charge in [-0.05, 0) is 27.7 Å². The summed E-state index contributed by atoms with van der Waals surface area (Å²) in [6.45, 7) is 8.36. The number of nitriles is 2. The molecule has 0 radical (unpaired) electrons. The fraction of sp³-hybridized carbons (Fsp3) is 0.833. The highest BCUT2D eigenvalue weighted by Crippen LogP contribution is 2.56. The normalized spacial score (nSPS) is 14.2. The second-order valence-corrected chi connectivity index (χ2v) is 7.19. The van der Waals surface area contributed by atoms with E-state index in [4.69, 9.17) is 23.9 Å². The molecule has 0 aliphatic heterocycles. The van der Waals surface area contributed by atoms with Gasteiger partial charge in [-0.1, -0.05) is 0 Å². The van der Waals surface area contributed by atoms with E-state index in [9.17, 15) is 4.89 Å². The lowest BCUT2D eigenvalue weighted by Crippen LogP contribution is -2.33. The molecule has 0 saturated carbocycles. The zero-order valence-electron chi connectivity index (χ0n) is 12.9. The molecule has 0 aromatic heterocycles. The standard InChI is InChI=1S/C12H23N3O4P2/c1-11(2)15(12(3)4)20(17-9-5-7-13)19-21(16)18-10-6-8-14/h11-12,16H,5-6,9-10H2,1-4H3. The molecule has 0 heterocycles. The van der Waals surface area contributed by atoms with Crippen molar-refractivity contribution in [3.8, 4) is 12.1 Å². The molecule has 1 N–H and O–H groups in total. The van der Waals surface area contributed by atoms with E-state index >= 15 is 0 Å². The summed E-state index contributed by atoms with van der Waals surface area (Å²) in [5.74, 6) is 0. The second-order valence-electron chi connectivity index (χ2n) is 4.61. The van der Waals surface area contributed by atoms with Crippen LogP contribution < -0.4 is 0 Å². The van der Waals surface area contributed by atoms with Crippen molar-refractivity contribution in [1.82, 2.24) is 4.67 Å². The monoisotopic (exact) mass is 335 g/mol. The van der Waals surface area contributed by atoms with Gasteiger partial charge in [0.2, 0.25) is 0 Å². The summed E-state index contributed by atoms with van der Waals surface area (Å²) in [7, 11) is -3.63. The summed E-state index contributed by atoms with van der Waals surface area (Å²) in [6.07, 6.45) is 0.443. The van der Waals surface area contributed by atoms with Crippen molar-refractivity contribution in [1.29, 1.82) is 10.5 Å². The minimum atomic E-state index is -2.11.